The normalized spacial score (nSPS) is 17.4. The second-order valence-corrected chi connectivity index (χ2v) is 7.27. The van der Waals surface area contributed by atoms with Crippen LogP contribution in [0.15, 0.2) is 75.2 Å². The van der Waals surface area contributed by atoms with Gasteiger partial charge >= 0.3 is 0 Å². The molecule has 0 atom stereocenters. The summed E-state index contributed by atoms with van der Waals surface area (Å²) in [6.07, 6.45) is 3.64. The molecule has 6 heteroatoms. The van der Waals surface area contributed by atoms with Crippen molar-refractivity contribution in [3.8, 4) is 0 Å². The molecule has 0 saturated carbocycles. The first-order chi connectivity index (χ1) is 12.2. The maximum Gasteiger partial charge on any atom is 0.264 e. The largest absolute Gasteiger partial charge is 0.300 e. The van der Waals surface area contributed by atoms with Crippen LogP contribution >= 0.6 is 27.7 Å². The fraction of sp³-hybridized carbons (Fsp3) is 0. The third kappa shape index (κ3) is 3.50. The van der Waals surface area contributed by atoms with Gasteiger partial charge in [-0.1, -0.05) is 24.3 Å². The van der Waals surface area contributed by atoms with Gasteiger partial charge in [0.2, 0.25) is 0 Å². The van der Waals surface area contributed by atoms with Gasteiger partial charge in [-0.2, -0.15) is 0 Å². The van der Waals surface area contributed by atoms with Crippen molar-refractivity contribution in [3.05, 3.63) is 75.7 Å². The number of amidine groups is 1. The highest BCUT2D eigenvalue weighted by Crippen LogP contribution is 2.31. The predicted octanol–water partition coefficient (Wildman–Crippen LogP) is 4.89. The molecule has 1 aromatic heterocycles. The number of para-hydroxylation sites is 1. The van der Waals surface area contributed by atoms with Gasteiger partial charge in [-0.25, -0.2) is 4.99 Å². The summed E-state index contributed by atoms with van der Waals surface area (Å²) in [7, 11) is 0. The molecule has 1 saturated heterocycles. The number of fused-ring (bicyclic) bond motifs is 1. The van der Waals surface area contributed by atoms with E-state index in [1.807, 2.05) is 60.7 Å². The lowest BCUT2D eigenvalue weighted by Crippen LogP contribution is -2.19. The maximum atomic E-state index is 12.2. The van der Waals surface area contributed by atoms with E-state index in [4.69, 9.17) is 0 Å². The number of benzene rings is 2. The number of carbonyl (C=O) groups is 1. The Morgan fingerprint density at radius 1 is 1.12 bits per heavy atom. The third-order valence-corrected chi connectivity index (χ3v) is 5.23. The molecule has 4 rings (SSSR count). The number of carbonyl (C=O) groups excluding carboxylic acids is 1. The minimum atomic E-state index is -0.137. The molecular formula is C19H12BrN3OS. The molecule has 0 unspecified atom stereocenters. The lowest BCUT2D eigenvalue weighted by Gasteiger charge is -1.99. The molecule has 1 aliphatic heterocycles. The summed E-state index contributed by atoms with van der Waals surface area (Å²) >= 11 is 4.80. The van der Waals surface area contributed by atoms with Crippen LogP contribution in [-0.2, 0) is 4.79 Å². The van der Waals surface area contributed by atoms with Crippen LogP contribution in [0, 0.1) is 0 Å². The van der Waals surface area contributed by atoms with E-state index in [1.54, 1.807) is 6.20 Å². The van der Waals surface area contributed by atoms with E-state index < -0.39 is 0 Å². The summed E-state index contributed by atoms with van der Waals surface area (Å²) in [5, 5.41) is 4.43. The van der Waals surface area contributed by atoms with Gasteiger partial charge in [-0.3, -0.25) is 9.78 Å². The first kappa shape index (κ1) is 16.1. The predicted molar refractivity (Wildman–Crippen MR) is 107 cm³/mol. The average molecular weight is 410 g/mol. The summed E-state index contributed by atoms with van der Waals surface area (Å²) in [6.45, 7) is 0. The highest BCUT2D eigenvalue weighted by Gasteiger charge is 2.24. The standard InChI is InChI=1S/C19H12BrN3OS/c20-14-5-1-2-6-16(14)22-19-23-18(24)17(25-19)11-12-7-8-15-13(10-12)4-3-9-21-15/h1-11H,(H,22,23,24)/b17-11+. The summed E-state index contributed by atoms with van der Waals surface area (Å²) in [5.74, 6) is -0.137. The van der Waals surface area contributed by atoms with Crippen molar-refractivity contribution in [1.29, 1.82) is 0 Å². The Labute approximate surface area is 157 Å². The molecule has 0 bridgehead atoms. The first-order valence-electron chi connectivity index (χ1n) is 7.58. The zero-order valence-electron chi connectivity index (χ0n) is 12.9. The van der Waals surface area contributed by atoms with E-state index in [1.165, 1.54) is 11.8 Å². The van der Waals surface area contributed by atoms with E-state index in [-0.39, 0.29) is 5.91 Å². The van der Waals surface area contributed by atoms with Crippen LogP contribution in [-0.4, -0.2) is 16.1 Å². The van der Waals surface area contributed by atoms with Gasteiger partial charge in [0.25, 0.3) is 5.91 Å². The summed E-state index contributed by atoms with van der Waals surface area (Å²) in [5.41, 5.74) is 2.67. The molecule has 3 aromatic rings. The van der Waals surface area contributed by atoms with Crippen molar-refractivity contribution < 1.29 is 4.79 Å². The topological polar surface area (TPSA) is 54.4 Å². The van der Waals surface area contributed by atoms with Crippen LogP contribution in [0.1, 0.15) is 5.56 Å². The minimum Gasteiger partial charge on any atom is -0.300 e. The van der Waals surface area contributed by atoms with Gasteiger partial charge in [0.15, 0.2) is 5.17 Å². The van der Waals surface area contributed by atoms with E-state index in [0.717, 1.165) is 26.6 Å². The number of hydrogen-bond acceptors (Lipinski definition) is 4. The van der Waals surface area contributed by atoms with Gasteiger partial charge in [-0.15, -0.1) is 0 Å². The molecule has 2 heterocycles. The number of nitrogens with zero attached hydrogens (tertiary/aromatic N) is 2. The molecule has 2 aromatic carbocycles. The average Bonchev–Trinajstić information content (AvgIpc) is 2.96. The smallest absolute Gasteiger partial charge is 0.264 e. The molecule has 0 aliphatic carbocycles. The van der Waals surface area contributed by atoms with Crippen molar-refractivity contribution in [2.24, 2.45) is 4.99 Å². The van der Waals surface area contributed by atoms with E-state index >= 15 is 0 Å². The van der Waals surface area contributed by atoms with E-state index in [2.05, 4.69) is 31.2 Å². The molecule has 25 heavy (non-hydrogen) atoms. The van der Waals surface area contributed by atoms with E-state index in [9.17, 15) is 4.79 Å². The Morgan fingerprint density at radius 3 is 2.88 bits per heavy atom. The lowest BCUT2D eigenvalue weighted by atomic mass is 10.1. The van der Waals surface area contributed by atoms with Crippen molar-refractivity contribution in [2.75, 3.05) is 0 Å². The Balaban J connectivity index is 1.63. The maximum absolute atomic E-state index is 12.2. The molecule has 122 valence electrons. The summed E-state index contributed by atoms with van der Waals surface area (Å²) < 4.78 is 0.886. The Morgan fingerprint density at radius 2 is 2.00 bits per heavy atom. The Kier molecular flexibility index (Phi) is 4.38. The zero-order chi connectivity index (χ0) is 17.2. The lowest BCUT2D eigenvalue weighted by molar-refractivity contribution is -0.115. The highest BCUT2D eigenvalue weighted by molar-refractivity contribution is 9.10. The number of hydrogen-bond donors (Lipinski definition) is 1. The first-order valence-corrected chi connectivity index (χ1v) is 9.19. The number of pyridine rings is 1. The van der Waals surface area contributed by atoms with Gasteiger partial charge in [-0.05, 0) is 69.7 Å². The molecule has 1 aliphatic rings. The van der Waals surface area contributed by atoms with Crippen LogP contribution in [0.4, 0.5) is 5.69 Å². The summed E-state index contributed by atoms with van der Waals surface area (Å²) in [4.78, 5) is 21.6. The molecule has 1 fully saturated rings. The number of nitrogens with one attached hydrogen (secondary N) is 1. The molecule has 0 radical (unpaired) electrons. The van der Waals surface area contributed by atoms with Crippen molar-refractivity contribution in [1.82, 2.24) is 10.3 Å². The van der Waals surface area contributed by atoms with E-state index in [0.29, 0.717) is 10.1 Å². The molecule has 1 amide bonds. The Hall–Kier alpha value is -2.44. The Bertz CT molecular complexity index is 1050. The van der Waals surface area contributed by atoms with Gasteiger partial charge in [0.05, 0.1) is 16.1 Å². The van der Waals surface area contributed by atoms with Crippen LogP contribution in [0.25, 0.3) is 17.0 Å². The number of rotatable bonds is 2. The fourth-order valence-electron chi connectivity index (χ4n) is 2.47. The number of thioether (sulfide) groups is 1. The number of aromatic nitrogens is 1. The molecule has 0 spiro atoms. The monoisotopic (exact) mass is 409 g/mol. The van der Waals surface area contributed by atoms with Crippen LogP contribution < -0.4 is 5.32 Å². The number of aliphatic imine (C=N–C) groups is 1. The fourth-order valence-corrected chi connectivity index (χ4v) is 3.68. The second-order valence-electron chi connectivity index (χ2n) is 5.39. The zero-order valence-corrected chi connectivity index (χ0v) is 15.3. The van der Waals surface area contributed by atoms with Crippen molar-refractivity contribution in [3.63, 3.8) is 0 Å². The quantitative estimate of drug-likeness (QED) is 0.613. The van der Waals surface area contributed by atoms with Gasteiger partial charge in [0, 0.05) is 16.1 Å². The van der Waals surface area contributed by atoms with Crippen molar-refractivity contribution in [2.45, 2.75) is 0 Å². The van der Waals surface area contributed by atoms with Crippen LogP contribution in [0.2, 0.25) is 0 Å². The minimum absolute atomic E-state index is 0.137. The summed E-state index contributed by atoms with van der Waals surface area (Å²) in [6, 6.07) is 17.5. The SMILES string of the molecule is O=C1NC(=Nc2ccccc2Br)S/C1=C/c1ccc2ncccc2c1. The second kappa shape index (κ2) is 6.82. The van der Waals surface area contributed by atoms with Gasteiger partial charge < -0.3 is 5.32 Å². The molecule has 1 N–H and O–H groups in total. The van der Waals surface area contributed by atoms with Crippen LogP contribution in [0.3, 0.4) is 0 Å². The van der Waals surface area contributed by atoms with Crippen molar-refractivity contribution >= 4 is 61.4 Å². The molecule has 4 nitrogen and oxygen atoms in total. The number of halogens is 1. The third-order valence-electron chi connectivity index (χ3n) is 3.65. The van der Waals surface area contributed by atoms with Crippen LogP contribution in [0.5, 0.6) is 0 Å². The van der Waals surface area contributed by atoms with Gasteiger partial charge in [0.1, 0.15) is 0 Å². The molecular weight excluding hydrogens is 398 g/mol. The highest BCUT2D eigenvalue weighted by atomic mass is 79.9. The number of amides is 1.